The van der Waals surface area contributed by atoms with Gasteiger partial charge in [-0.15, -0.1) is 0 Å². The Bertz CT molecular complexity index is 549. The van der Waals surface area contributed by atoms with E-state index in [1.54, 1.807) is 0 Å². The average molecular weight is 316 g/mol. The van der Waals surface area contributed by atoms with Gasteiger partial charge >= 0.3 is 0 Å². The SMILES string of the molecule is CCNCc1c(S(=O)(=O)N(CC(C)C)C(C)C)n[nH]c1C. The van der Waals surface area contributed by atoms with Crippen molar-refractivity contribution in [3.63, 3.8) is 0 Å². The van der Waals surface area contributed by atoms with E-state index in [9.17, 15) is 8.42 Å². The molecule has 0 aliphatic heterocycles. The Kier molecular flexibility index (Phi) is 6.37. The number of rotatable bonds is 8. The number of hydrogen-bond donors (Lipinski definition) is 2. The molecule has 1 heterocycles. The highest BCUT2D eigenvalue weighted by Crippen LogP contribution is 2.23. The molecule has 0 saturated carbocycles. The van der Waals surface area contributed by atoms with E-state index in [1.807, 2.05) is 41.5 Å². The van der Waals surface area contributed by atoms with Crippen molar-refractivity contribution in [2.75, 3.05) is 13.1 Å². The van der Waals surface area contributed by atoms with Crippen molar-refractivity contribution in [3.8, 4) is 0 Å². The third kappa shape index (κ3) is 4.28. The van der Waals surface area contributed by atoms with Crippen molar-refractivity contribution in [2.45, 2.75) is 59.2 Å². The lowest BCUT2D eigenvalue weighted by atomic mass is 10.2. The third-order valence-electron chi connectivity index (χ3n) is 3.26. The first-order valence-corrected chi connectivity index (χ1v) is 8.92. The second-order valence-corrected chi connectivity index (χ2v) is 7.78. The fraction of sp³-hybridized carbons (Fsp3) is 0.786. The molecule has 21 heavy (non-hydrogen) atoms. The number of nitrogens with zero attached hydrogens (tertiary/aromatic N) is 2. The Morgan fingerprint density at radius 3 is 2.38 bits per heavy atom. The van der Waals surface area contributed by atoms with Crippen LogP contribution in [0.1, 0.15) is 45.9 Å². The van der Waals surface area contributed by atoms with E-state index in [1.165, 1.54) is 4.31 Å². The molecule has 6 nitrogen and oxygen atoms in total. The van der Waals surface area contributed by atoms with Gasteiger partial charge in [-0.05, 0) is 33.2 Å². The van der Waals surface area contributed by atoms with Crippen LogP contribution < -0.4 is 5.32 Å². The maximum absolute atomic E-state index is 12.9. The molecule has 0 amide bonds. The zero-order valence-corrected chi connectivity index (χ0v) is 14.7. The van der Waals surface area contributed by atoms with Crippen molar-refractivity contribution >= 4 is 10.0 Å². The molecule has 1 aromatic rings. The molecule has 0 radical (unpaired) electrons. The molecule has 1 aromatic heterocycles. The monoisotopic (exact) mass is 316 g/mol. The predicted octanol–water partition coefficient (Wildman–Crippen LogP) is 1.88. The van der Waals surface area contributed by atoms with Crippen LogP contribution in [0.15, 0.2) is 5.03 Å². The second kappa shape index (κ2) is 7.38. The topological polar surface area (TPSA) is 78.1 Å². The Morgan fingerprint density at radius 1 is 1.29 bits per heavy atom. The van der Waals surface area contributed by atoms with Crippen LogP contribution in [0.25, 0.3) is 0 Å². The Hall–Kier alpha value is -0.920. The molecule has 0 spiro atoms. The second-order valence-electron chi connectivity index (χ2n) is 5.97. The van der Waals surface area contributed by atoms with Gasteiger partial charge in [-0.1, -0.05) is 20.8 Å². The molecule has 0 unspecified atom stereocenters. The highest BCUT2D eigenvalue weighted by molar-refractivity contribution is 7.89. The molecule has 0 atom stereocenters. The fourth-order valence-corrected chi connectivity index (χ4v) is 4.13. The molecule has 0 aliphatic rings. The maximum Gasteiger partial charge on any atom is 0.262 e. The minimum Gasteiger partial charge on any atom is -0.313 e. The van der Waals surface area contributed by atoms with E-state index in [2.05, 4.69) is 15.5 Å². The lowest BCUT2D eigenvalue weighted by Crippen LogP contribution is -2.40. The van der Waals surface area contributed by atoms with Gasteiger partial charge in [0.05, 0.1) is 0 Å². The molecule has 0 fully saturated rings. The van der Waals surface area contributed by atoms with Crippen molar-refractivity contribution < 1.29 is 8.42 Å². The van der Waals surface area contributed by atoms with Gasteiger partial charge < -0.3 is 5.32 Å². The molecule has 0 saturated heterocycles. The number of aryl methyl sites for hydroxylation is 1. The first kappa shape index (κ1) is 18.1. The van der Waals surface area contributed by atoms with Crippen LogP contribution in [0.3, 0.4) is 0 Å². The normalized spacial score (nSPS) is 12.8. The number of sulfonamides is 1. The fourth-order valence-electron chi connectivity index (χ4n) is 2.16. The van der Waals surface area contributed by atoms with Crippen LogP contribution in [0.5, 0.6) is 0 Å². The summed E-state index contributed by atoms with van der Waals surface area (Å²) in [5.74, 6) is 0.263. The molecular weight excluding hydrogens is 288 g/mol. The van der Waals surface area contributed by atoms with Gasteiger partial charge in [0.25, 0.3) is 10.0 Å². The smallest absolute Gasteiger partial charge is 0.262 e. The van der Waals surface area contributed by atoms with E-state index >= 15 is 0 Å². The minimum absolute atomic E-state index is 0.0959. The summed E-state index contributed by atoms with van der Waals surface area (Å²) in [7, 11) is -3.58. The average Bonchev–Trinajstić information content (AvgIpc) is 2.74. The van der Waals surface area contributed by atoms with Gasteiger partial charge in [0, 0.05) is 30.4 Å². The Labute approximate surface area is 128 Å². The van der Waals surface area contributed by atoms with E-state index < -0.39 is 10.0 Å². The lowest BCUT2D eigenvalue weighted by Gasteiger charge is -2.27. The van der Waals surface area contributed by atoms with Crippen LogP contribution in [0.4, 0.5) is 0 Å². The van der Waals surface area contributed by atoms with Gasteiger partial charge in [-0.2, -0.15) is 9.40 Å². The zero-order valence-electron chi connectivity index (χ0n) is 13.9. The zero-order chi connectivity index (χ0) is 16.2. The van der Waals surface area contributed by atoms with Crippen LogP contribution in [0.2, 0.25) is 0 Å². The largest absolute Gasteiger partial charge is 0.313 e. The molecule has 0 aromatic carbocycles. The Balaban J connectivity index is 3.22. The van der Waals surface area contributed by atoms with Crippen molar-refractivity contribution in [2.24, 2.45) is 5.92 Å². The lowest BCUT2D eigenvalue weighted by molar-refractivity contribution is 0.317. The van der Waals surface area contributed by atoms with Crippen molar-refractivity contribution in [1.29, 1.82) is 0 Å². The van der Waals surface area contributed by atoms with Crippen LogP contribution in [-0.4, -0.2) is 42.1 Å². The summed E-state index contributed by atoms with van der Waals surface area (Å²) in [5, 5.41) is 10.2. The van der Waals surface area contributed by atoms with Crippen molar-refractivity contribution in [3.05, 3.63) is 11.3 Å². The highest BCUT2D eigenvalue weighted by atomic mass is 32.2. The van der Waals surface area contributed by atoms with Crippen LogP contribution in [0, 0.1) is 12.8 Å². The summed E-state index contributed by atoms with van der Waals surface area (Å²) in [4.78, 5) is 0. The number of aromatic amines is 1. The first-order chi connectivity index (χ1) is 9.71. The van der Waals surface area contributed by atoms with Gasteiger partial charge in [-0.25, -0.2) is 8.42 Å². The highest BCUT2D eigenvalue weighted by Gasteiger charge is 2.32. The number of H-pyrrole nitrogens is 1. The van der Waals surface area contributed by atoms with E-state index in [0.717, 1.165) is 17.8 Å². The Morgan fingerprint density at radius 2 is 1.90 bits per heavy atom. The molecule has 0 aliphatic carbocycles. The van der Waals surface area contributed by atoms with Gasteiger partial charge in [-0.3, -0.25) is 5.10 Å². The summed E-state index contributed by atoms with van der Waals surface area (Å²) in [6, 6.07) is -0.0959. The third-order valence-corrected chi connectivity index (χ3v) is 5.28. The summed E-state index contributed by atoms with van der Waals surface area (Å²) in [5.41, 5.74) is 1.52. The van der Waals surface area contributed by atoms with Crippen LogP contribution in [-0.2, 0) is 16.6 Å². The number of nitrogens with one attached hydrogen (secondary N) is 2. The minimum atomic E-state index is -3.58. The first-order valence-electron chi connectivity index (χ1n) is 7.48. The summed E-state index contributed by atoms with van der Waals surface area (Å²) >= 11 is 0. The number of hydrogen-bond acceptors (Lipinski definition) is 4. The van der Waals surface area contributed by atoms with E-state index in [4.69, 9.17) is 0 Å². The number of aromatic nitrogens is 2. The van der Waals surface area contributed by atoms with E-state index in [-0.39, 0.29) is 17.0 Å². The molecule has 1 rings (SSSR count). The van der Waals surface area contributed by atoms with Crippen molar-refractivity contribution in [1.82, 2.24) is 19.8 Å². The molecule has 122 valence electrons. The van der Waals surface area contributed by atoms with Gasteiger partial charge in [0.1, 0.15) is 0 Å². The molecule has 2 N–H and O–H groups in total. The van der Waals surface area contributed by atoms with Gasteiger partial charge in [0.2, 0.25) is 0 Å². The summed E-state index contributed by atoms with van der Waals surface area (Å²) in [6.07, 6.45) is 0. The summed E-state index contributed by atoms with van der Waals surface area (Å²) in [6.45, 7) is 13.4. The maximum atomic E-state index is 12.9. The standard InChI is InChI=1S/C14H28N4O2S/c1-7-15-8-13-12(6)16-17-14(13)21(19,20)18(11(4)5)9-10(2)3/h10-11,15H,7-9H2,1-6H3,(H,16,17). The quantitative estimate of drug-likeness (QED) is 0.767. The van der Waals surface area contributed by atoms with E-state index in [0.29, 0.717) is 13.1 Å². The molecule has 7 heteroatoms. The summed E-state index contributed by atoms with van der Waals surface area (Å²) < 4.78 is 27.4. The van der Waals surface area contributed by atoms with Gasteiger partial charge in [0.15, 0.2) is 5.03 Å². The van der Waals surface area contributed by atoms with Crippen LogP contribution >= 0.6 is 0 Å². The predicted molar refractivity (Wildman–Crippen MR) is 84.6 cm³/mol. The molecular formula is C14H28N4O2S. The molecule has 0 bridgehead atoms.